The van der Waals surface area contributed by atoms with Crippen LogP contribution in [0, 0.1) is 11.1 Å². The number of carbonyl (C=O) groups excluding carboxylic acids is 1. The molecule has 0 radical (unpaired) electrons. The zero-order valence-electron chi connectivity index (χ0n) is 16.3. The molecule has 1 aromatic carbocycles. The molecule has 2 aromatic rings. The van der Waals surface area contributed by atoms with Gasteiger partial charge in [0.25, 0.3) is 5.03 Å². The van der Waals surface area contributed by atoms with Gasteiger partial charge in [-0.25, -0.2) is 0 Å². The van der Waals surface area contributed by atoms with Crippen molar-refractivity contribution in [2.75, 3.05) is 33.0 Å². The Bertz CT molecular complexity index is 785. The summed E-state index contributed by atoms with van der Waals surface area (Å²) in [7, 11) is 3.81. The fourth-order valence-corrected chi connectivity index (χ4v) is 4.50. The second-order valence-electron chi connectivity index (χ2n) is 7.06. The fraction of sp³-hybridized carbons (Fsp3) is 0.429. The van der Waals surface area contributed by atoms with E-state index in [1.54, 1.807) is 25.3 Å². The second kappa shape index (κ2) is 9.80. The first-order chi connectivity index (χ1) is 13.6. The third kappa shape index (κ3) is 5.17. The zero-order valence-corrected chi connectivity index (χ0v) is 17.2. The molecule has 2 unspecified atom stereocenters. The largest absolute Gasteiger partial charge is 0.618 e. The third-order valence-corrected chi connectivity index (χ3v) is 6.18. The number of aromatic nitrogens is 1. The summed E-state index contributed by atoms with van der Waals surface area (Å²) in [5.41, 5.74) is 1.24. The van der Waals surface area contributed by atoms with Crippen molar-refractivity contribution in [1.82, 2.24) is 10.2 Å². The van der Waals surface area contributed by atoms with Crippen LogP contribution < -0.4 is 14.8 Å². The smallest absolute Gasteiger partial charge is 0.251 e. The number of piperidine rings is 1. The fourth-order valence-electron chi connectivity index (χ4n) is 3.76. The van der Waals surface area contributed by atoms with Crippen LogP contribution >= 0.6 is 11.8 Å². The lowest BCUT2D eigenvalue weighted by atomic mass is 9.85. The molecule has 1 N–H and O–H groups in total. The number of hydrogen-bond donors (Lipinski definition) is 1. The molecule has 1 saturated heterocycles. The topological polar surface area (TPSA) is 68.5 Å². The lowest BCUT2D eigenvalue weighted by Crippen LogP contribution is -2.42. The molecule has 150 valence electrons. The molecule has 0 bridgehead atoms. The summed E-state index contributed by atoms with van der Waals surface area (Å²) in [5, 5.41) is 15.3. The van der Waals surface area contributed by atoms with Crippen molar-refractivity contribution in [3.63, 3.8) is 0 Å². The van der Waals surface area contributed by atoms with Gasteiger partial charge in [0.15, 0.2) is 6.20 Å². The molecule has 1 aliphatic heterocycles. The molecule has 0 spiro atoms. The second-order valence-corrected chi connectivity index (χ2v) is 8.05. The first kappa shape index (κ1) is 20.5. The first-order valence-electron chi connectivity index (χ1n) is 9.50. The van der Waals surface area contributed by atoms with Crippen LogP contribution in [0.3, 0.4) is 0 Å². The molecule has 0 saturated carbocycles. The highest BCUT2D eigenvalue weighted by atomic mass is 32.2. The summed E-state index contributed by atoms with van der Waals surface area (Å²) in [4.78, 5) is 14.7. The van der Waals surface area contributed by atoms with E-state index in [1.165, 1.54) is 23.5 Å². The molecule has 1 amide bonds. The van der Waals surface area contributed by atoms with Crippen molar-refractivity contribution in [1.29, 1.82) is 0 Å². The number of pyridine rings is 1. The average Bonchev–Trinajstić information content (AvgIpc) is 2.72. The maximum Gasteiger partial charge on any atom is 0.251 e. The Morgan fingerprint density at radius 2 is 2.11 bits per heavy atom. The predicted octanol–water partition coefficient (Wildman–Crippen LogP) is 2.62. The van der Waals surface area contributed by atoms with E-state index in [0.29, 0.717) is 17.5 Å². The van der Waals surface area contributed by atoms with E-state index in [0.717, 1.165) is 29.9 Å². The van der Waals surface area contributed by atoms with Gasteiger partial charge < -0.3 is 15.3 Å². The van der Waals surface area contributed by atoms with Crippen molar-refractivity contribution in [2.24, 2.45) is 5.92 Å². The number of thioether (sulfide) groups is 1. The molecular weight excluding hydrogens is 374 g/mol. The van der Waals surface area contributed by atoms with Gasteiger partial charge in [-0.05, 0) is 67.9 Å². The van der Waals surface area contributed by atoms with Gasteiger partial charge in [0, 0.05) is 24.7 Å². The van der Waals surface area contributed by atoms with Crippen LogP contribution in [0.1, 0.15) is 24.4 Å². The maximum atomic E-state index is 12.3. The Hall–Kier alpha value is -2.25. The number of nitrogens with zero attached hydrogens (tertiary/aromatic N) is 2. The Morgan fingerprint density at radius 3 is 2.82 bits per heavy atom. The van der Waals surface area contributed by atoms with E-state index in [-0.39, 0.29) is 17.7 Å². The summed E-state index contributed by atoms with van der Waals surface area (Å²) in [6.07, 6.45) is 3.64. The summed E-state index contributed by atoms with van der Waals surface area (Å²) in [5.74, 6) is 1.39. The maximum absolute atomic E-state index is 12.3. The van der Waals surface area contributed by atoms with Crippen LogP contribution in [-0.2, 0) is 4.79 Å². The quantitative estimate of drug-likeness (QED) is 0.439. The molecule has 2 atom stereocenters. The SMILES string of the molecule is COc1ccc(C2C(CNC(=O)CSc3cccc[n+]3[O-])CCCN2C)cc1. The van der Waals surface area contributed by atoms with Crippen molar-refractivity contribution in [3.05, 3.63) is 59.4 Å². The molecule has 0 aliphatic carbocycles. The van der Waals surface area contributed by atoms with E-state index in [4.69, 9.17) is 4.74 Å². The van der Waals surface area contributed by atoms with Crippen LogP contribution in [0.5, 0.6) is 5.75 Å². The van der Waals surface area contributed by atoms with Gasteiger partial charge in [-0.3, -0.25) is 9.69 Å². The van der Waals surface area contributed by atoms with E-state index < -0.39 is 0 Å². The van der Waals surface area contributed by atoms with Gasteiger partial charge in [-0.1, -0.05) is 12.1 Å². The molecule has 2 heterocycles. The summed E-state index contributed by atoms with van der Waals surface area (Å²) in [6, 6.07) is 13.7. The normalized spacial score (nSPS) is 19.9. The Morgan fingerprint density at radius 1 is 1.32 bits per heavy atom. The molecule has 6 nitrogen and oxygen atoms in total. The number of rotatable bonds is 7. The van der Waals surface area contributed by atoms with Gasteiger partial charge >= 0.3 is 0 Å². The van der Waals surface area contributed by atoms with Crippen molar-refractivity contribution >= 4 is 17.7 Å². The molecule has 1 aliphatic rings. The lowest BCUT2D eigenvalue weighted by molar-refractivity contribution is -0.645. The number of ether oxygens (including phenoxy) is 1. The molecule has 1 aromatic heterocycles. The van der Waals surface area contributed by atoms with E-state index in [9.17, 15) is 10.0 Å². The third-order valence-electron chi connectivity index (χ3n) is 5.17. The van der Waals surface area contributed by atoms with Gasteiger partial charge in [-0.15, -0.1) is 0 Å². The number of hydrogen-bond acceptors (Lipinski definition) is 5. The zero-order chi connectivity index (χ0) is 19.9. The van der Waals surface area contributed by atoms with E-state index >= 15 is 0 Å². The number of likely N-dealkylation sites (tertiary alicyclic amines) is 1. The van der Waals surface area contributed by atoms with Crippen molar-refractivity contribution in [3.8, 4) is 5.75 Å². The minimum absolute atomic E-state index is 0.0458. The minimum atomic E-state index is -0.0458. The van der Waals surface area contributed by atoms with E-state index in [2.05, 4.69) is 29.4 Å². The monoisotopic (exact) mass is 401 g/mol. The highest BCUT2D eigenvalue weighted by molar-refractivity contribution is 7.99. The Kier molecular flexibility index (Phi) is 7.17. The summed E-state index contributed by atoms with van der Waals surface area (Å²) < 4.78 is 6.05. The highest BCUT2D eigenvalue weighted by Gasteiger charge is 2.30. The average molecular weight is 402 g/mol. The summed E-state index contributed by atoms with van der Waals surface area (Å²) >= 11 is 1.26. The number of amides is 1. The van der Waals surface area contributed by atoms with E-state index in [1.807, 2.05) is 12.1 Å². The van der Waals surface area contributed by atoms with Gasteiger partial charge in [-0.2, -0.15) is 4.73 Å². The van der Waals surface area contributed by atoms with Crippen LogP contribution in [0.2, 0.25) is 0 Å². The Balaban J connectivity index is 1.57. The lowest BCUT2D eigenvalue weighted by Gasteiger charge is -2.39. The number of methoxy groups -OCH3 is 1. The van der Waals surface area contributed by atoms with Crippen molar-refractivity contribution in [2.45, 2.75) is 23.9 Å². The van der Waals surface area contributed by atoms with Crippen LogP contribution in [-0.4, -0.2) is 43.8 Å². The van der Waals surface area contributed by atoms with Crippen molar-refractivity contribution < 1.29 is 14.3 Å². The van der Waals surface area contributed by atoms with Crippen LogP contribution in [0.4, 0.5) is 0 Å². The first-order valence-corrected chi connectivity index (χ1v) is 10.5. The minimum Gasteiger partial charge on any atom is -0.618 e. The number of nitrogens with one attached hydrogen (secondary N) is 1. The summed E-state index contributed by atoms with van der Waals surface area (Å²) in [6.45, 7) is 1.68. The Labute approximate surface area is 170 Å². The molecule has 3 rings (SSSR count). The van der Waals surface area contributed by atoms with Gasteiger partial charge in [0.2, 0.25) is 5.91 Å². The van der Waals surface area contributed by atoms with Gasteiger partial charge in [0.05, 0.1) is 12.9 Å². The molecule has 1 fully saturated rings. The molecule has 7 heteroatoms. The highest BCUT2D eigenvalue weighted by Crippen LogP contribution is 2.35. The standard InChI is InChI=1S/C21H27N3O3S/c1-23-12-5-6-17(21(23)16-8-10-18(27-2)11-9-16)14-22-19(25)15-28-20-7-3-4-13-24(20)26/h3-4,7-11,13,17,21H,5-6,12,14-15H2,1-2H3,(H,22,25). The van der Waals surface area contributed by atoms with Gasteiger partial charge in [0.1, 0.15) is 5.75 Å². The predicted molar refractivity (Wildman–Crippen MR) is 110 cm³/mol. The molecular formula is C21H27N3O3S. The number of benzene rings is 1. The van der Waals surface area contributed by atoms with Crippen LogP contribution in [0.15, 0.2) is 53.7 Å². The number of carbonyl (C=O) groups is 1. The van der Waals surface area contributed by atoms with Crippen LogP contribution in [0.25, 0.3) is 0 Å². The molecule has 28 heavy (non-hydrogen) atoms.